The Labute approximate surface area is 73.4 Å². The Kier molecular flexibility index (Phi) is 3.29. The van der Waals surface area contributed by atoms with Gasteiger partial charge in [-0.15, -0.1) is 0 Å². The van der Waals surface area contributed by atoms with E-state index < -0.39 is 0 Å². The smallest absolute Gasteiger partial charge is 0.0626 e. The van der Waals surface area contributed by atoms with Crippen LogP contribution in [0.4, 0.5) is 0 Å². The van der Waals surface area contributed by atoms with Crippen molar-refractivity contribution in [2.45, 2.75) is 13.3 Å². The van der Waals surface area contributed by atoms with Gasteiger partial charge < -0.3 is 10.0 Å². The average molecular weight is 168 g/mol. The molecule has 68 valence electrons. The molecule has 1 aliphatic rings. The van der Waals surface area contributed by atoms with Crippen LogP contribution in [-0.2, 0) is 0 Å². The van der Waals surface area contributed by atoms with Crippen molar-refractivity contribution in [3.8, 4) is 0 Å². The number of aliphatic hydroxyl groups is 1. The molecule has 0 aromatic heterocycles. The SMILES string of the molecule is CC1=CN(C)CC(=NCCO)C1. The number of rotatable bonds is 2. The van der Waals surface area contributed by atoms with Crippen LogP contribution in [-0.4, -0.2) is 42.5 Å². The normalized spacial score (nSPS) is 21.4. The summed E-state index contributed by atoms with van der Waals surface area (Å²) in [4.78, 5) is 6.41. The highest BCUT2D eigenvalue weighted by molar-refractivity contribution is 5.89. The van der Waals surface area contributed by atoms with E-state index in [0.717, 1.165) is 13.0 Å². The molecule has 3 nitrogen and oxygen atoms in total. The fourth-order valence-electron chi connectivity index (χ4n) is 1.45. The summed E-state index contributed by atoms with van der Waals surface area (Å²) >= 11 is 0. The van der Waals surface area contributed by atoms with E-state index in [9.17, 15) is 0 Å². The van der Waals surface area contributed by atoms with E-state index >= 15 is 0 Å². The molecule has 1 aliphatic heterocycles. The number of aliphatic hydroxyl groups excluding tert-OH is 1. The van der Waals surface area contributed by atoms with Crippen molar-refractivity contribution < 1.29 is 5.11 Å². The van der Waals surface area contributed by atoms with E-state index in [1.54, 1.807) is 0 Å². The van der Waals surface area contributed by atoms with Gasteiger partial charge in [0.25, 0.3) is 0 Å². The molecule has 0 aromatic rings. The largest absolute Gasteiger partial charge is 0.394 e. The van der Waals surface area contributed by atoms with Crippen molar-refractivity contribution >= 4 is 5.71 Å². The van der Waals surface area contributed by atoms with Crippen molar-refractivity contribution in [2.75, 3.05) is 26.7 Å². The summed E-state index contributed by atoms with van der Waals surface area (Å²) in [5.41, 5.74) is 2.51. The molecule has 0 saturated carbocycles. The predicted octanol–water partition coefficient (Wildman–Crippen LogP) is 0.659. The Morgan fingerprint density at radius 1 is 1.67 bits per heavy atom. The van der Waals surface area contributed by atoms with Crippen LogP contribution >= 0.6 is 0 Å². The van der Waals surface area contributed by atoms with E-state index in [1.807, 2.05) is 7.05 Å². The van der Waals surface area contributed by atoms with Crippen molar-refractivity contribution in [3.63, 3.8) is 0 Å². The number of aliphatic imine (C=N–C) groups is 1. The molecule has 0 fully saturated rings. The molecular weight excluding hydrogens is 152 g/mol. The highest BCUT2D eigenvalue weighted by Gasteiger charge is 2.09. The van der Waals surface area contributed by atoms with E-state index in [1.165, 1.54) is 11.3 Å². The van der Waals surface area contributed by atoms with Gasteiger partial charge in [0.05, 0.1) is 19.7 Å². The molecule has 0 saturated heterocycles. The van der Waals surface area contributed by atoms with Crippen LogP contribution in [0.15, 0.2) is 16.8 Å². The maximum Gasteiger partial charge on any atom is 0.0626 e. The highest BCUT2D eigenvalue weighted by atomic mass is 16.3. The third kappa shape index (κ3) is 2.66. The van der Waals surface area contributed by atoms with Gasteiger partial charge in [-0.25, -0.2) is 0 Å². The molecule has 0 unspecified atom stereocenters. The van der Waals surface area contributed by atoms with Crippen molar-refractivity contribution in [1.82, 2.24) is 4.90 Å². The first kappa shape index (κ1) is 9.26. The standard InChI is InChI=1S/C9H16N2O/c1-8-5-9(10-3-4-12)7-11(2)6-8/h6,12H,3-5,7H2,1-2H3. The fraction of sp³-hybridized carbons (Fsp3) is 0.667. The summed E-state index contributed by atoms with van der Waals surface area (Å²) < 4.78 is 0. The molecule has 1 rings (SSSR count). The maximum atomic E-state index is 8.59. The molecule has 12 heavy (non-hydrogen) atoms. The van der Waals surface area contributed by atoms with E-state index in [-0.39, 0.29) is 6.61 Å². The number of hydrogen-bond donors (Lipinski definition) is 1. The van der Waals surface area contributed by atoms with Gasteiger partial charge in [-0.05, 0) is 13.1 Å². The minimum atomic E-state index is 0.149. The zero-order valence-electron chi connectivity index (χ0n) is 7.75. The molecule has 0 spiro atoms. The zero-order valence-corrected chi connectivity index (χ0v) is 7.75. The molecule has 3 heteroatoms. The Balaban J connectivity index is 2.54. The topological polar surface area (TPSA) is 35.8 Å². The van der Waals surface area contributed by atoms with E-state index in [2.05, 4.69) is 23.0 Å². The number of nitrogens with zero attached hydrogens (tertiary/aromatic N) is 2. The lowest BCUT2D eigenvalue weighted by Gasteiger charge is -2.22. The highest BCUT2D eigenvalue weighted by Crippen LogP contribution is 2.10. The van der Waals surface area contributed by atoms with Crippen LogP contribution in [0, 0.1) is 0 Å². The molecule has 0 radical (unpaired) electrons. The first-order valence-corrected chi connectivity index (χ1v) is 4.23. The second-order valence-corrected chi connectivity index (χ2v) is 3.24. The monoisotopic (exact) mass is 168 g/mol. The Bertz CT molecular complexity index is 209. The van der Waals surface area contributed by atoms with E-state index in [4.69, 9.17) is 5.11 Å². The van der Waals surface area contributed by atoms with Crippen LogP contribution in [0.2, 0.25) is 0 Å². The van der Waals surface area contributed by atoms with E-state index in [0.29, 0.717) is 6.54 Å². The summed E-state index contributed by atoms with van der Waals surface area (Å²) in [6.45, 7) is 3.69. The number of allylic oxidation sites excluding steroid dienone is 1. The van der Waals surface area contributed by atoms with Gasteiger partial charge >= 0.3 is 0 Å². The van der Waals surface area contributed by atoms with Gasteiger partial charge in [0.2, 0.25) is 0 Å². The summed E-state index contributed by atoms with van der Waals surface area (Å²) in [6, 6.07) is 0. The summed E-state index contributed by atoms with van der Waals surface area (Å²) in [5, 5.41) is 8.59. The predicted molar refractivity (Wildman–Crippen MR) is 50.4 cm³/mol. The second-order valence-electron chi connectivity index (χ2n) is 3.24. The van der Waals surface area contributed by atoms with Crippen molar-refractivity contribution in [2.24, 2.45) is 4.99 Å². The van der Waals surface area contributed by atoms with Crippen LogP contribution in [0.1, 0.15) is 13.3 Å². The van der Waals surface area contributed by atoms with Crippen LogP contribution < -0.4 is 0 Å². The lowest BCUT2D eigenvalue weighted by Crippen LogP contribution is -2.26. The summed E-state index contributed by atoms with van der Waals surface area (Å²) in [5.74, 6) is 0. The van der Waals surface area contributed by atoms with Gasteiger partial charge in [-0.1, -0.05) is 5.57 Å². The number of hydrogen-bond acceptors (Lipinski definition) is 3. The molecule has 1 N–H and O–H groups in total. The Hall–Kier alpha value is -0.830. The lowest BCUT2D eigenvalue weighted by molar-refractivity contribution is 0.306. The van der Waals surface area contributed by atoms with Gasteiger partial charge in [0.15, 0.2) is 0 Å². The van der Waals surface area contributed by atoms with Crippen LogP contribution in [0.5, 0.6) is 0 Å². The maximum absolute atomic E-state index is 8.59. The minimum Gasteiger partial charge on any atom is -0.394 e. The van der Waals surface area contributed by atoms with Crippen molar-refractivity contribution in [1.29, 1.82) is 0 Å². The Morgan fingerprint density at radius 2 is 2.42 bits per heavy atom. The lowest BCUT2D eigenvalue weighted by atomic mass is 10.1. The van der Waals surface area contributed by atoms with Gasteiger partial charge in [0, 0.05) is 19.2 Å². The van der Waals surface area contributed by atoms with Gasteiger partial charge in [-0.3, -0.25) is 4.99 Å². The zero-order chi connectivity index (χ0) is 8.97. The van der Waals surface area contributed by atoms with Crippen LogP contribution in [0.25, 0.3) is 0 Å². The fourth-order valence-corrected chi connectivity index (χ4v) is 1.45. The van der Waals surface area contributed by atoms with Crippen molar-refractivity contribution in [3.05, 3.63) is 11.8 Å². The molecule has 0 aliphatic carbocycles. The molecule has 0 bridgehead atoms. The third-order valence-corrected chi connectivity index (χ3v) is 1.79. The second kappa shape index (κ2) is 4.26. The molecule has 0 aromatic carbocycles. The van der Waals surface area contributed by atoms with Crippen LogP contribution in [0.3, 0.4) is 0 Å². The first-order chi connectivity index (χ1) is 5.72. The molecular formula is C9H16N2O. The summed E-state index contributed by atoms with van der Waals surface area (Å²) in [7, 11) is 2.04. The Morgan fingerprint density at radius 3 is 3.00 bits per heavy atom. The third-order valence-electron chi connectivity index (χ3n) is 1.79. The summed E-state index contributed by atoms with van der Waals surface area (Å²) in [6.07, 6.45) is 3.10. The van der Waals surface area contributed by atoms with Gasteiger partial charge in [0.1, 0.15) is 0 Å². The minimum absolute atomic E-state index is 0.149. The molecule has 0 atom stereocenters. The quantitative estimate of drug-likeness (QED) is 0.657. The molecule has 0 amide bonds. The average Bonchev–Trinajstić information content (AvgIpc) is 1.99. The molecule has 1 heterocycles. The van der Waals surface area contributed by atoms with Gasteiger partial charge in [-0.2, -0.15) is 0 Å². The first-order valence-electron chi connectivity index (χ1n) is 4.23.